The molecule has 7 aliphatic rings. The lowest BCUT2D eigenvalue weighted by Crippen LogP contribution is -2.60. The van der Waals surface area contributed by atoms with Gasteiger partial charge in [-0.2, -0.15) is 0 Å². The normalized spacial score (nSPS) is 46.7. The first-order valence-corrected chi connectivity index (χ1v) is 19.4. The van der Waals surface area contributed by atoms with Crippen molar-refractivity contribution in [3.63, 3.8) is 0 Å². The van der Waals surface area contributed by atoms with Gasteiger partial charge in [0.1, 0.15) is 17.9 Å². The highest BCUT2D eigenvalue weighted by Gasteiger charge is 2.71. The van der Waals surface area contributed by atoms with Crippen LogP contribution in [-0.2, 0) is 19.1 Å². The number of rotatable bonds is 7. The summed E-state index contributed by atoms with van der Waals surface area (Å²) >= 11 is 0. The average molecular weight is 654 g/mol. The fourth-order valence-electron chi connectivity index (χ4n) is 12.4. The summed E-state index contributed by atoms with van der Waals surface area (Å²) in [6.07, 6.45) is 10.3. The second-order valence-electron chi connectivity index (χ2n) is 17.8. The number of carbonyl (C=O) groups excluding carboxylic acids is 3. The zero-order valence-corrected chi connectivity index (χ0v) is 30.0. The lowest BCUT2D eigenvalue weighted by Gasteiger charge is -2.60. The van der Waals surface area contributed by atoms with Crippen LogP contribution in [0.15, 0.2) is 0 Å². The van der Waals surface area contributed by atoms with Crippen molar-refractivity contribution < 1.29 is 19.1 Å². The maximum Gasteiger partial charge on any atom is 0.229 e. The molecule has 12 atom stereocenters. The summed E-state index contributed by atoms with van der Waals surface area (Å²) in [6.45, 7) is 16.5. The van der Waals surface area contributed by atoms with Gasteiger partial charge in [-0.3, -0.25) is 19.7 Å². The van der Waals surface area contributed by atoms with Crippen LogP contribution in [0.25, 0.3) is 0 Å². The maximum absolute atomic E-state index is 14.4. The predicted octanol–water partition coefficient (Wildman–Crippen LogP) is 3.81. The summed E-state index contributed by atoms with van der Waals surface area (Å²) in [7, 11) is 2.16. The molecule has 7 fully saturated rings. The van der Waals surface area contributed by atoms with E-state index in [1.807, 2.05) is 0 Å². The fourth-order valence-corrected chi connectivity index (χ4v) is 12.4. The van der Waals surface area contributed by atoms with Crippen LogP contribution < -0.4 is 16.0 Å². The van der Waals surface area contributed by atoms with E-state index in [9.17, 15) is 14.4 Å². The Labute approximate surface area is 283 Å². The monoisotopic (exact) mass is 653 g/mol. The molecule has 2 amide bonds. The van der Waals surface area contributed by atoms with Crippen LogP contribution >= 0.6 is 0 Å². The van der Waals surface area contributed by atoms with E-state index >= 15 is 0 Å². The van der Waals surface area contributed by atoms with Crippen molar-refractivity contribution in [3.8, 4) is 0 Å². The standard InChI is InChI=1S/C38H63N5O4/c1-24-9-12-38(40-23-24)25(2)35-31(47-38)20-30-28-8-7-26-19-27(10-11-36(26,3)29(28)21-32(44)37(30,35)4)41-34(46)22-33(45)39-13-6-14-43-17-15-42(5)16-18-43/h24-31,35,40H,6-23H2,1-5H3,(H,39,45)(H,41,46)/t24-,25+,26+,27?,28?,29+,30+,31+,35+,36+,37-,38-/m1/s1. The summed E-state index contributed by atoms with van der Waals surface area (Å²) in [5, 5.41) is 10.0. The van der Waals surface area contributed by atoms with Crippen molar-refractivity contribution in [2.45, 2.75) is 116 Å². The quantitative estimate of drug-likeness (QED) is 0.284. The van der Waals surface area contributed by atoms with Gasteiger partial charge in [-0.1, -0.05) is 27.7 Å². The average Bonchev–Trinajstić information content (AvgIpc) is 3.49. The first-order valence-electron chi connectivity index (χ1n) is 19.4. The lowest BCUT2D eigenvalue weighted by molar-refractivity contribution is -0.160. The van der Waals surface area contributed by atoms with Gasteiger partial charge in [-0.25, -0.2) is 0 Å². The van der Waals surface area contributed by atoms with Gasteiger partial charge in [-0.05, 0) is 106 Å². The first-order chi connectivity index (χ1) is 22.4. The fraction of sp³-hybridized carbons (Fsp3) is 0.921. The molecule has 47 heavy (non-hydrogen) atoms. The Morgan fingerprint density at radius 3 is 2.51 bits per heavy atom. The zero-order valence-electron chi connectivity index (χ0n) is 30.0. The number of piperazine rings is 1. The van der Waals surface area contributed by atoms with Crippen molar-refractivity contribution in [3.05, 3.63) is 0 Å². The van der Waals surface area contributed by atoms with Gasteiger partial charge >= 0.3 is 0 Å². The molecule has 7 rings (SSSR count). The SMILES string of the molecule is C[C@@H]1CC[C@@]2(NC1)O[C@H]1C[C@H]3C4CC[C@H]5CC(NC(=O)CC(=O)NCCCN6CCN(C)CC6)CC[C@]5(C)[C@H]4CC(=O)[C@]3(C)[C@H]1[C@@H]2C. The Morgan fingerprint density at radius 2 is 1.77 bits per heavy atom. The Hall–Kier alpha value is -1.55. The van der Waals surface area contributed by atoms with Gasteiger partial charge in [0, 0.05) is 69.0 Å². The first kappa shape index (κ1) is 33.9. The minimum atomic E-state index is -0.279. The van der Waals surface area contributed by atoms with Crippen LogP contribution in [0.1, 0.15) is 98.3 Å². The van der Waals surface area contributed by atoms with Gasteiger partial charge in [-0.15, -0.1) is 0 Å². The molecule has 4 aliphatic carbocycles. The van der Waals surface area contributed by atoms with E-state index in [0.29, 0.717) is 60.2 Å². The van der Waals surface area contributed by atoms with E-state index in [2.05, 4.69) is 60.5 Å². The van der Waals surface area contributed by atoms with E-state index in [-0.39, 0.29) is 46.9 Å². The summed E-state index contributed by atoms with van der Waals surface area (Å²) in [4.78, 5) is 44.6. The highest BCUT2D eigenvalue weighted by molar-refractivity contribution is 5.97. The molecule has 2 unspecified atom stereocenters. The maximum atomic E-state index is 14.4. The summed E-state index contributed by atoms with van der Waals surface area (Å²) < 4.78 is 6.99. The van der Waals surface area contributed by atoms with Crippen molar-refractivity contribution in [1.29, 1.82) is 0 Å². The molecule has 3 heterocycles. The Balaban J connectivity index is 0.908. The topological polar surface area (TPSA) is 103 Å². The molecule has 4 saturated carbocycles. The van der Waals surface area contributed by atoms with E-state index in [1.54, 1.807) is 0 Å². The van der Waals surface area contributed by atoms with Gasteiger partial charge in [0.25, 0.3) is 0 Å². The molecular formula is C38H63N5O4. The number of Topliss-reactive ketones (excluding diaryl/α,β-unsaturated/α-hetero) is 1. The molecule has 9 heteroatoms. The molecule has 0 radical (unpaired) electrons. The molecule has 0 bridgehead atoms. The molecule has 1 spiro atoms. The molecule has 0 aromatic rings. The van der Waals surface area contributed by atoms with Crippen LogP contribution in [0.3, 0.4) is 0 Å². The summed E-state index contributed by atoms with van der Waals surface area (Å²) in [5.74, 6) is 3.46. The minimum Gasteiger partial charge on any atom is -0.357 e. The lowest BCUT2D eigenvalue weighted by atomic mass is 9.44. The number of fused-ring (bicyclic) bond motifs is 7. The van der Waals surface area contributed by atoms with Crippen molar-refractivity contribution in [1.82, 2.24) is 25.8 Å². The summed E-state index contributed by atoms with van der Waals surface area (Å²) in [6, 6.07) is 0.119. The molecule has 3 N–H and O–H groups in total. The van der Waals surface area contributed by atoms with Crippen LogP contribution in [-0.4, -0.2) is 98.1 Å². The Bertz CT molecular complexity index is 1200. The number of piperidine rings is 1. The second-order valence-corrected chi connectivity index (χ2v) is 17.8. The minimum absolute atomic E-state index is 0.0922. The number of ether oxygens (including phenoxy) is 1. The Morgan fingerprint density at radius 1 is 0.979 bits per heavy atom. The Kier molecular flexibility index (Phi) is 9.36. The smallest absolute Gasteiger partial charge is 0.229 e. The van der Waals surface area contributed by atoms with Crippen LogP contribution in [0.2, 0.25) is 0 Å². The predicted molar refractivity (Wildman–Crippen MR) is 182 cm³/mol. The number of nitrogens with zero attached hydrogens (tertiary/aromatic N) is 2. The number of nitrogens with one attached hydrogen (secondary N) is 3. The van der Waals surface area contributed by atoms with E-state index in [0.717, 1.165) is 77.8 Å². The molecular weight excluding hydrogens is 590 g/mol. The van der Waals surface area contributed by atoms with Gasteiger partial charge in [0.2, 0.25) is 11.8 Å². The van der Waals surface area contributed by atoms with Gasteiger partial charge in [0.15, 0.2) is 0 Å². The number of amides is 2. The van der Waals surface area contributed by atoms with Crippen LogP contribution in [0.4, 0.5) is 0 Å². The number of likely N-dealkylation sites (N-methyl/N-ethyl adjacent to an activating group) is 1. The molecule has 264 valence electrons. The van der Waals surface area contributed by atoms with Crippen molar-refractivity contribution in [2.24, 2.45) is 52.3 Å². The number of carbonyl (C=O) groups is 3. The number of hydrogen-bond donors (Lipinski definition) is 3. The third-order valence-corrected chi connectivity index (χ3v) is 15.3. The van der Waals surface area contributed by atoms with Crippen molar-refractivity contribution >= 4 is 17.6 Å². The largest absolute Gasteiger partial charge is 0.357 e. The van der Waals surface area contributed by atoms with Crippen LogP contribution in [0.5, 0.6) is 0 Å². The van der Waals surface area contributed by atoms with E-state index in [4.69, 9.17) is 4.74 Å². The van der Waals surface area contributed by atoms with Crippen LogP contribution in [0, 0.1) is 52.3 Å². The zero-order chi connectivity index (χ0) is 33.1. The third kappa shape index (κ3) is 6.01. The van der Waals surface area contributed by atoms with Gasteiger partial charge in [0.05, 0.1) is 6.10 Å². The molecule has 3 saturated heterocycles. The highest BCUT2D eigenvalue weighted by Crippen LogP contribution is 2.70. The number of ketones is 1. The molecule has 9 nitrogen and oxygen atoms in total. The second kappa shape index (κ2) is 13.0. The van der Waals surface area contributed by atoms with E-state index in [1.165, 1.54) is 19.3 Å². The molecule has 0 aromatic heterocycles. The van der Waals surface area contributed by atoms with E-state index < -0.39 is 0 Å². The summed E-state index contributed by atoms with van der Waals surface area (Å²) in [5.41, 5.74) is -0.390. The molecule has 3 aliphatic heterocycles. The highest BCUT2D eigenvalue weighted by atomic mass is 16.5. The third-order valence-electron chi connectivity index (χ3n) is 15.3. The molecule has 0 aromatic carbocycles. The number of hydrogen-bond acceptors (Lipinski definition) is 7. The van der Waals surface area contributed by atoms with Gasteiger partial charge < -0.3 is 25.2 Å². The van der Waals surface area contributed by atoms with Crippen molar-refractivity contribution in [2.75, 3.05) is 52.9 Å².